The van der Waals surface area contributed by atoms with E-state index in [-0.39, 0.29) is 0 Å². The quantitative estimate of drug-likeness (QED) is 0.865. The molecule has 1 aromatic rings. The van der Waals surface area contributed by atoms with Gasteiger partial charge in [-0.05, 0) is 57.7 Å². The van der Waals surface area contributed by atoms with Crippen molar-refractivity contribution in [2.45, 2.75) is 62.6 Å². The molecule has 0 aliphatic heterocycles. The molecule has 2 heteroatoms. The van der Waals surface area contributed by atoms with Crippen LogP contribution < -0.4 is 5.32 Å². The minimum atomic E-state index is 0.674. The van der Waals surface area contributed by atoms with Gasteiger partial charge in [0.2, 0.25) is 0 Å². The van der Waals surface area contributed by atoms with Crippen LogP contribution in [-0.4, -0.2) is 18.3 Å². The second kappa shape index (κ2) is 6.81. The van der Waals surface area contributed by atoms with Gasteiger partial charge in [-0.25, -0.2) is 0 Å². The average molecular weight is 277 g/mol. The van der Waals surface area contributed by atoms with E-state index in [1.807, 2.05) is 0 Å². The maximum Gasteiger partial charge on any atom is 0.0251 e. The number of nitrogens with one attached hydrogen (secondary N) is 1. The van der Waals surface area contributed by atoms with Crippen LogP contribution in [0.4, 0.5) is 0 Å². The average Bonchev–Trinajstić information content (AvgIpc) is 2.42. The molecule has 0 radical (unpaired) electrons. The van der Waals surface area contributed by atoms with Crippen molar-refractivity contribution in [2.75, 3.05) is 7.05 Å². The summed E-state index contributed by atoms with van der Waals surface area (Å²) < 4.78 is 0. The molecule has 1 aliphatic carbocycles. The summed E-state index contributed by atoms with van der Waals surface area (Å²) in [7, 11) is 2.12. The highest BCUT2D eigenvalue weighted by Crippen LogP contribution is 2.38. The summed E-state index contributed by atoms with van der Waals surface area (Å²) in [4.78, 5) is 1.47. The largest absolute Gasteiger partial charge is 0.316 e. The van der Waals surface area contributed by atoms with Crippen molar-refractivity contribution >= 4 is 11.8 Å². The first-order valence-electron chi connectivity index (χ1n) is 7.55. The number of hydrogen-bond donors (Lipinski definition) is 1. The molecule has 0 heterocycles. The highest BCUT2D eigenvalue weighted by Gasteiger charge is 2.29. The van der Waals surface area contributed by atoms with E-state index in [0.29, 0.717) is 6.04 Å². The zero-order chi connectivity index (χ0) is 13.8. The predicted octanol–water partition coefficient (Wildman–Crippen LogP) is 4.56. The van der Waals surface area contributed by atoms with Crippen LogP contribution in [0.5, 0.6) is 0 Å². The Labute approximate surface area is 122 Å². The van der Waals surface area contributed by atoms with E-state index in [1.54, 1.807) is 0 Å². The Morgan fingerprint density at radius 3 is 2.74 bits per heavy atom. The first-order valence-corrected chi connectivity index (χ1v) is 8.43. The molecule has 3 atom stereocenters. The van der Waals surface area contributed by atoms with Crippen LogP contribution in [0.2, 0.25) is 0 Å². The van der Waals surface area contributed by atoms with E-state index in [1.165, 1.54) is 41.7 Å². The van der Waals surface area contributed by atoms with Crippen molar-refractivity contribution in [1.29, 1.82) is 0 Å². The zero-order valence-corrected chi connectivity index (χ0v) is 13.5. The minimum absolute atomic E-state index is 0.674. The topological polar surface area (TPSA) is 12.0 Å². The lowest BCUT2D eigenvalue weighted by molar-refractivity contribution is 0.304. The molecule has 0 aromatic heterocycles. The summed E-state index contributed by atoms with van der Waals surface area (Å²) in [6.07, 6.45) is 5.42. The van der Waals surface area contributed by atoms with Gasteiger partial charge in [0, 0.05) is 16.2 Å². The first kappa shape index (κ1) is 14.9. The van der Waals surface area contributed by atoms with Crippen LogP contribution in [0, 0.1) is 19.8 Å². The molecule has 1 nitrogen and oxygen atoms in total. The van der Waals surface area contributed by atoms with E-state index >= 15 is 0 Å². The van der Waals surface area contributed by atoms with Crippen LogP contribution in [0.15, 0.2) is 23.1 Å². The van der Waals surface area contributed by atoms with Gasteiger partial charge in [-0.1, -0.05) is 31.0 Å². The van der Waals surface area contributed by atoms with E-state index in [9.17, 15) is 0 Å². The Kier molecular flexibility index (Phi) is 5.35. The van der Waals surface area contributed by atoms with Crippen LogP contribution in [-0.2, 0) is 0 Å². The zero-order valence-electron chi connectivity index (χ0n) is 12.7. The third-order valence-corrected chi connectivity index (χ3v) is 5.99. The lowest BCUT2D eigenvalue weighted by Crippen LogP contribution is -2.40. The van der Waals surface area contributed by atoms with Crippen molar-refractivity contribution in [3.05, 3.63) is 29.3 Å². The van der Waals surface area contributed by atoms with E-state index in [2.05, 4.69) is 63.1 Å². The van der Waals surface area contributed by atoms with E-state index in [4.69, 9.17) is 0 Å². The van der Waals surface area contributed by atoms with Gasteiger partial charge in [0.15, 0.2) is 0 Å². The fraction of sp³-hybridized carbons (Fsp3) is 0.647. The van der Waals surface area contributed by atoms with Crippen molar-refractivity contribution in [3.63, 3.8) is 0 Å². The van der Waals surface area contributed by atoms with Gasteiger partial charge >= 0.3 is 0 Å². The molecule has 1 aliphatic rings. The summed E-state index contributed by atoms with van der Waals surface area (Å²) in [5.41, 5.74) is 2.79. The molecule has 106 valence electrons. The second-order valence-electron chi connectivity index (χ2n) is 5.91. The van der Waals surface area contributed by atoms with E-state index in [0.717, 1.165) is 11.2 Å². The maximum absolute atomic E-state index is 3.53. The Hall–Kier alpha value is -0.470. The summed E-state index contributed by atoms with van der Waals surface area (Å²) in [5.74, 6) is 0.923. The van der Waals surface area contributed by atoms with Gasteiger partial charge in [-0.2, -0.15) is 0 Å². The molecule has 0 amide bonds. The summed E-state index contributed by atoms with van der Waals surface area (Å²) in [6, 6.07) is 7.49. The first-order chi connectivity index (χ1) is 9.13. The molecular weight excluding hydrogens is 250 g/mol. The molecule has 0 saturated heterocycles. The van der Waals surface area contributed by atoms with Gasteiger partial charge in [0.1, 0.15) is 0 Å². The Balaban J connectivity index is 2.11. The van der Waals surface area contributed by atoms with Crippen LogP contribution in [0.25, 0.3) is 0 Å². The SMILES string of the molecule is CCC1CCC(NC)C(Sc2cc(C)ccc2C)C1. The third-order valence-electron chi connectivity index (χ3n) is 4.47. The molecule has 1 aromatic carbocycles. The molecule has 1 N–H and O–H groups in total. The molecule has 0 spiro atoms. The van der Waals surface area contributed by atoms with Crippen molar-refractivity contribution in [3.8, 4) is 0 Å². The monoisotopic (exact) mass is 277 g/mol. The fourth-order valence-electron chi connectivity index (χ4n) is 3.04. The Morgan fingerprint density at radius 2 is 2.05 bits per heavy atom. The molecule has 19 heavy (non-hydrogen) atoms. The number of aryl methyl sites for hydroxylation is 2. The molecule has 0 bridgehead atoms. The van der Waals surface area contributed by atoms with Crippen molar-refractivity contribution in [1.82, 2.24) is 5.32 Å². The van der Waals surface area contributed by atoms with Gasteiger partial charge in [-0.3, -0.25) is 0 Å². The standard InChI is InChI=1S/C17H27NS/c1-5-14-8-9-15(18-4)17(11-14)19-16-10-12(2)6-7-13(16)3/h6-7,10,14-15,17-18H,5,8-9,11H2,1-4H3. The lowest BCUT2D eigenvalue weighted by atomic mass is 9.84. The molecule has 1 fully saturated rings. The van der Waals surface area contributed by atoms with Crippen LogP contribution in [0.1, 0.15) is 43.7 Å². The molecule has 1 saturated carbocycles. The second-order valence-corrected chi connectivity index (χ2v) is 7.19. The number of hydrogen-bond acceptors (Lipinski definition) is 2. The van der Waals surface area contributed by atoms with Crippen LogP contribution in [0.3, 0.4) is 0 Å². The molecular formula is C17H27NS. The number of benzene rings is 1. The van der Waals surface area contributed by atoms with Gasteiger partial charge < -0.3 is 5.32 Å². The molecule has 3 unspecified atom stereocenters. The van der Waals surface area contributed by atoms with Crippen molar-refractivity contribution < 1.29 is 0 Å². The highest BCUT2D eigenvalue weighted by atomic mass is 32.2. The number of rotatable bonds is 4. The summed E-state index contributed by atoms with van der Waals surface area (Å²) in [5, 5.41) is 4.26. The minimum Gasteiger partial charge on any atom is -0.316 e. The third kappa shape index (κ3) is 3.76. The highest BCUT2D eigenvalue weighted by molar-refractivity contribution is 8.00. The summed E-state index contributed by atoms with van der Waals surface area (Å²) >= 11 is 2.09. The fourth-order valence-corrected chi connectivity index (χ4v) is 4.68. The Morgan fingerprint density at radius 1 is 1.26 bits per heavy atom. The smallest absolute Gasteiger partial charge is 0.0251 e. The number of thioether (sulfide) groups is 1. The normalized spacial score (nSPS) is 27.5. The van der Waals surface area contributed by atoms with E-state index < -0.39 is 0 Å². The van der Waals surface area contributed by atoms with Crippen molar-refractivity contribution in [2.24, 2.45) is 5.92 Å². The lowest BCUT2D eigenvalue weighted by Gasteiger charge is -2.35. The Bertz CT molecular complexity index is 416. The molecule has 2 rings (SSSR count). The maximum atomic E-state index is 3.53. The van der Waals surface area contributed by atoms with Gasteiger partial charge in [0.25, 0.3) is 0 Å². The predicted molar refractivity (Wildman–Crippen MR) is 86.0 cm³/mol. The summed E-state index contributed by atoms with van der Waals surface area (Å²) in [6.45, 7) is 6.76. The van der Waals surface area contributed by atoms with Gasteiger partial charge in [0.05, 0.1) is 0 Å². The van der Waals surface area contributed by atoms with Gasteiger partial charge in [-0.15, -0.1) is 11.8 Å². The van der Waals surface area contributed by atoms with Crippen LogP contribution >= 0.6 is 11.8 Å².